The zero-order chi connectivity index (χ0) is 6.41. The van der Waals surface area contributed by atoms with E-state index in [0.29, 0.717) is 5.88 Å². The largest absolute Gasteiger partial charge is 0.358 e. The molecule has 0 aliphatic heterocycles. The fraction of sp³-hybridized carbons (Fsp3) is 0.400. The monoisotopic (exact) mass is 114 g/mol. The summed E-state index contributed by atoms with van der Waals surface area (Å²) in [5.74, 6) is 0.447. The minimum atomic E-state index is 0.447. The molecule has 0 fully saturated rings. The second-order valence-corrected chi connectivity index (χ2v) is 1.13. The van der Waals surface area contributed by atoms with Gasteiger partial charge in [-0.15, -0.1) is 0 Å². The van der Waals surface area contributed by atoms with Crippen LogP contribution in [0.4, 0.5) is 0 Å². The summed E-state index contributed by atoms with van der Waals surface area (Å²) in [6.45, 7) is 5.23. The van der Waals surface area contributed by atoms with Crippen LogP contribution in [0, 0.1) is 0 Å². The van der Waals surface area contributed by atoms with Crippen molar-refractivity contribution in [1.82, 2.24) is 5.32 Å². The van der Waals surface area contributed by atoms with Gasteiger partial charge in [0.1, 0.15) is 0 Å². The molecule has 0 aliphatic carbocycles. The summed E-state index contributed by atoms with van der Waals surface area (Å²) in [7, 11) is 1.72. The Morgan fingerprint density at radius 1 is 1.88 bits per heavy atom. The van der Waals surface area contributed by atoms with Gasteiger partial charge in [-0.05, 0) is 13.5 Å². The Labute approximate surface area is 49.0 Å². The predicted molar refractivity (Wildman–Crippen MR) is 33.5 cm³/mol. The molecule has 0 saturated heterocycles. The molecule has 0 radical (unpaired) electrons. The average molecular weight is 114 g/mol. The van der Waals surface area contributed by atoms with E-state index in [0.717, 1.165) is 0 Å². The molecule has 0 atom stereocenters. The summed E-state index contributed by atoms with van der Waals surface area (Å²) in [5.41, 5.74) is 0. The third kappa shape index (κ3) is 3.21. The molecular weight excluding hydrogens is 104 g/mol. The van der Waals surface area contributed by atoms with Crippen LogP contribution < -0.4 is 5.32 Å². The molecule has 46 valence electrons. The number of hydrogen-bond acceptors (Lipinski definition) is 3. The van der Waals surface area contributed by atoms with Crippen molar-refractivity contribution < 1.29 is 4.84 Å². The van der Waals surface area contributed by atoms with E-state index in [1.807, 2.05) is 0 Å². The molecule has 3 heteroatoms. The number of rotatable bonds is 3. The Morgan fingerprint density at radius 3 is 2.88 bits per heavy atom. The molecule has 0 bridgehead atoms. The molecular formula is C5H10N2O. The van der Waals surface area contributed by atoms with Crippen molar-refractivity contribution in [3.63, 3.8) is 0 Å². The Balaban J connectivity index is 3.25. The van der Waals surface area contributed by atoms with Crippen molar-refractivity contribution in [2.24, 2.45) is 5.16 Å². The highest BCUT2D eigenvalue weighted by molar-refractivity contribution is 5.52. The molecule has 0 aromatic rings. The summed E-state index contributed by atoms with van der Waals surface area (Å²) >= 11 is 0. The highest BCUT2D eigenvalue weighted by Gasteiger charge is 1.80. The molecule has 0 aromatic heterocycles. The first-order chi connectivity index (χ1) is 3.81. The Hall–Kier alpha value is -0.990. The van der Waals surface area contributed by atoms with Crippen molar-refractivity contribution in [2.45, 2.75) is 6.92 Å². The summed E-state index contributed by atoms with van der Waals surface area (Å²) in [5, 5.41) is 6.12. The number of oxime groups is 1. The van der Waals surface area contributed by atoms with Crippen molar-refractivity contribution in [3.8, 4) is 0 Å². The van der Waals surface area contributed by atoms with E-state index in [-0.39, 0.29) is 0 Å². The molecule has 0 saturated carbocycles. The van der Waals surface area contributed by atoms with E-state index in [2.05, 4.69) is 21.9 Å². The molecule has 0 heterocycles. The van der Waals surface area contributed by atoms with E-state index in [1.54, 1.807) is 20.2 Å². The van der Waals surface area contributed by atoms with Gasteiger partial charge in [0, 0.05) is 13.3 Å². The number of nitrogens with zero attached hydrogens (tertiary/aromatic N) is 1. The van der Waals surface area contributed by atoms with Crippen molar-refractivity contribution in [1.29, 1.82) is 0 Å². The van der Waals surface area contributed by atoms with Crippen molar-refractivity contribution >= 4 is 6.21 Å². The molecule has 0 aliphatic rings. The summed E-state index contributed by atoms with van der Waals surface area (Å²) in [4.78, 5) is 4.60. The smallest absolute Gasteiger partial charge is 0.215 e. The fourth-order valence-corrected chi connectivity index (χ4v) is 0.162. The van der Waals surface area contributed by atoms with Gasteiger partial charge < -0.3 is 10.2 Å². The molecule has 1 N–H and O–H groups in total. The van der Waals surface area contributed by atoms with E-state index < -0.39 is 0 Å². The van der Waals surface area contributed by atoms with Gasteiger partial charge >= 0.3 is 0 Å². The lowest BCUT2D eigenvalue weighted by Gasteiger charge is -1.97. The number of hydrogen-bond donors (Lipinski definition) is 1. The van der Waals surface area contributed by atoms with E-state index in [9.17, 15) is 0 Å². The van der Waals surface area contributed by atoms with Crippen LogP contribution in [0.25, 0.3) is 0 Å². The summed E-state index contributed by atoms with van der Waals surface area (Å²) < 4.78 is 0. The highest BCUT2D eigenvalue weighted by Crippen LogP contribution is 1.83. The first-order valence-corrected chi connectivity index (χ1v) is 2.33. The first kappa shape index (κ1) is 7.01. The fourth-order valence-electron chi connectivity index (χ4n) is 0.162. The molecule has 0 rings (SSSR count). The minimum Gasteiger partial charge on any atom is -0.358 e. The molecule has 0 amide bonds. The second kappa shape index (κ2) is 4.18. The van der Waals surface area contributed by atoms with Gasteiger partial charge in [0.25, 0.3) is 0 Å². The lowest BCUT2D eigenvalue weighted by molar-refractivity contribution is 0.212. The van der Waals surface area contributed by atoms with Gasteiger partial charge in [0.15, 0.2) is 0 Å². The maximum Gasteiger partial charge on any atom is 0.215 e. The van der Waals surface area contributed by atoms with Crippen molar-refractivity contribution in [3.05, 3.63) is 12.5 Å². The molecule has 0 unspecified atom stereocenters. The van der Waals surface area contributed by atoms with Gasteiger partial charge in [-0.3, -0.25) is 0 Å². The third-order valence-electron chi connectivity index (χ3n) is 0.547. The summed E-state index contributed by atoms with van der Waals surface area (Å²) in [6, 6.07) is 0. The predicted octanol–water partition coefficient (Wildman–Crippen LogP) is 0.699. The van der Waals surface area contributed by atoms with Crippen molar-refractivity contribution in [2.75, 3.05) is 7.05 Å². The topological polar surface area (TPSA) is 33.6 Å². The second-order valence-electron chi connectivity index (χ2n) is 1.13. The van der Waals surface area contributed by atoms with Gasteiger partial charge in [0.05, 0.1) is 0 Å². The van der Waals surface area contributed by atoms with E-state index in [4.69, 9.17) is 0 Å². The van der Waals surface area contributed by atoms with Crippen LogP contribution >= 0.6 is 0 Å². The SMILES string of the molecule is C=C(NC)O/N=C\C. The number of nitrogens with one attached hydrogen (secondary N) is 1. The van der Waals surface area contributed by atoms with Gasteiger partial charge in [-0.1, -0.05) is 5.16 Å². The van der Waals surface area contributed by atoms with Gasteiger partial charge in [0.2, 0.25) is 5.88 Å². The average Bonchev–Trinajstić information content (AvgIpc) is 1.83. The van der Waals surface area contributed by atoms with Crippen LogP contribution in [-0.2, 0) is 4.84 Å². The minimum absolute atomic E-state index is 0.447. The van der Waals surface area contributed by atoms with Crippen LogP contribution in [0.15, 0.2) is 17.6 Å². The molecule has 8 heavy (non-hydrogen) atoms. The lowest BCUT2D eigenvalue weighted by atomic mass is 10.9. The molecule has 0 aromatic carbocycles. The Morgan fingerprint density at radius 2 is 2.50 bits per heavy atom. The standard InChI is InChI=1S/C5H10N2O/c1-4-7-8-5(2)6-3/h4,6H,2H2,1,3H3/b7-4-. The summed E-state index contributed by atoms with van der Waals surface area (Å²) in [6.07, 6.45) is 1.54. The lowest BCUT2D eigenvalue weighted by Crippen LogP contribution is -2.04. The quantitative estimate of drug-likeness (QED) is 0.333. The van der Waals surface area contributed by atoms with Crippen LogP contribution in [0.2, 0.25) is 0 Å². The molecule has 0 spiro atoms. The van der Waals surface area contributed by atoms with Crippen LogP contribution in [0.3, 0.4) is 0 Å². The van der Waals surface area contributed by atoms with E-state index in [1.165, 1.54) is 0 Å². The zero-order valence-corrected chi connectivity index (χ0v) is 5.14. The van der Waals surface area contributed by atoms with E-state index >= 15 is 0 Å². The first-order valence-electron chi connectivity index (χ1n) is 2.33. The van der Waals surface area contributed by atoms with Gasteiger partial charge in [-0.25, -0.2) is 0 Å². The third-order valence-corrected chi connectivity index (χ3v) is 0.547. The highest BCUT2D eigenvalue weighted by atomic mass is 16.6. The Kier molecular flexibility index (Phi) is 3.66. The zero-order valence-electron chi connectivity index (χ0n) is 5.14. The van der Waals surface area contributed by atoms with Crippen LogP contribution in [-0.4, -0.2) is 13.3 Å². The van der Waals surface area contributed by atoms with Gasteiger partial charge in [-0.2, -0.15) is 0 Å². The maximum atomic E-state index is 4.60. The Bertz CT molecular complexity index is 98.6. The van der Waals surface area contributed by atoms with Crippen LogP contribution in [0.1, 0.15) is 6.92 Å². The maximum absolute atomic E-state index is 4.60. The molecule has 3 nitrogen and oxygen atoms in total. The normalized spacial score (nSPS) is 9.25. The van der Waals surface area contributed by atoms with Crippen LogP contribution in [0.5, 0.6) is 0 Å².